The molecular weight excluding hydrogens is 378 g/mol. The van der Waals surface area contributed by atoms with Crippen molar-refractivity contribution >= 4 is 22.5 Å². The minimum absolute atomic E-state index is 0.153. The van der Waals surface area contributed by atoms with Gasteiger partial charge in [0, 0.05) is 46.0 Å². The van der Waals surface area contributed by atoms with Gasteiger partial charge in [0.05, 0.1) is 6.04 Å². The van der Waals surface area contributed by atoms with Crippen molar-refractivity contribution in [3.05, 3.63) is 101 Å². The van der Waals surface area contributed by atoms with Crippen LogP contribution in [0.15, 0.2) is 72.8 Å². The van der Waals surface area contributed by atoms with Gasteiger partial charge in [-0.25, -0.2) is 0 Å². The fourth-order valence-electron chi connectivity index (χ4n) is 4.30. The van der Waals surface area contributed by atoms with Crippen LogP contribution in [-0.4, -0.2) is 34.7 Å². The lowest BCUT2D eigenvalue weighted by molar-refractivity contribution is 0.657. The average Bonchev–Trinajstić information content (AvgIpc) is 2.79. The number of nitrogens with zero attached hydrogens (tertiary/aromatic N) is 2. The molecule has 4 rings (SSSR count). The van der Waals surface area contributed by atoms with Gasteiger partial charge in [-0.1, -0.05) is 55.5 Å². The molecule has 1 aliphatic carbocycles. The van der Waals surface area contributed by atoms with E-state index in [1.54, 1.807) is 0 Å². The van der Waals surface area contributed by atoms with E-state index in [2.05, 4.69) is 129 Å². The predicted octanol–water partition coefficient (Wildman–Crippen LogP) is 5.65. The molecule has 31 heavy (non-hydrogen) atoms. The lowest BCUT2D eigenvalue weighted by Gasteiger charge is -2.32. The molecule has 0 heterocycles. The highest BCUT2D eigenvalue weighted by atomic mass is 15.1. The van der Waals surface area contributed by atoms with Crippen LogP contribution in [0.3, 0.4) is 0 Å². The van der Waals surface area contributed by atoms with E-state index in [0.717, 1.165) is 6.54 Å². The number of benzene rings is 3. The van der Waals surface area contributed by atoms with Crippen LogP contribution in [0.5, 0.6) is 0 Å². The van der Waals surface area contributed by atoms with Gasteiger partial charge >= 0.3 is 0 Å². The number of fused-ring (bicyclic) bond motifs is 1. The molecule has 0 aromatic heterocycles. The molecule has 0 saturated carbocycles. The zero-order valence-corrected chi connectivity index (χ0v) is 19.2. The first-order chi connectivity index (χ1) is 15.0. The second kappa shape index (κ2) is 8.99. The van der Waals surface area contributed by atoms with E-state index in [9.17, 15) is 0 Å². The van der Waals surface area contributed by atoms with Crippen LogP contribution in [0.2, 0.25) is 0 Å². The van der Waals surface area contributed by atoms with Crippen LogP contribution in [0.4, 0.5) is 11.4 Å². The Bertz CT molecular complexity index is 1060. The molecule has 1 atom stereocenters. The van der Waals surface area contributed by atoms with Crippen LogP contribution in [-0.2, 0) is 0 Å². The summed E-state index contributed by atoms with van der Waals surface area (Å²) in [5.41, 5.74) is 10.2. The van der Waals surface area contributed by atoms with E-state index >= 15 is 0 Å². The van der Waals surface area contributed by atoms with E-state index in [4.69, 9.17) is 0 Å². The minimum atomic E-state index is 0.153. The molecule has 0 bridgehead atoms. The SMILES string of the molecule is CCNC1C(c2ccc(N(C)C)cc2)=C(c2ccc(N(C)C)cc2)[CH]c2ccccc21. The van der Waals surface area contributed by atoms with Gasteiger partial charge in [0.1, 0.15) is 0 Å². The summed E-state index contributed by atoms with van der Waals surface area (Å²) in [7, 11) is 8.32. The molecule has 0 aliphatic heterocycles. The maximum Gasteiger partial charge on any atom is 0.0588 e. The van der Waals surface area contributed by atoms with E-state index in [1.165, 1.54) is 44.8 Å². The largest absolute Gasteiger partial charge is 0.378 e. The molecule has 1 N–H and O–H groups in total. The van der Waals surface area contributed by atoms with Crippen LogP contribution < -0.4 is 15.1 Å². The van der Waals surface area contributed by atoms with Gasteiger partial charge in [-0.05, 0) is 64.2 Å². The summed E-state index contributed by atoms with van der Waals surface area (Å²) in [4.78, 5) is 4.28. The Balaban J connectivity index is 1.90. The first-order valence-electron chi connectivity index (χ1n) is 11.0. The van der Waals surface area contributed by atoms with Crippen LogP contribution in [0.1, 0.15) is 35.2 Å². The second-order valence-electron chi connectivity index (χ2n) is 8.47. The molecule has 0 saturated heterocycles. The Morgan fingerprint density at radius 1 is 0.710 bits per heavy atom. The molecule has 3 heteroatoms. The molecule has 1 unspecified atom stereocenters. The third kappa shape index (κ3) is 4.24. The summed E-state index contributed by atoms with van der Waals surface area (Å²) in [6.45, 7) is 3.09. The summed E-state index contributed by atoms with van der Waals surface area (Å²) < 4.78 is 0. The number of likely N-dealkylation sites (N-methyl/N-ethyl adjacent to an activating group) is 1. The number of anilines is 2. The molecule has 1 aliphatic rings. The van der Waals surface area contributed by atoms with Crippen molar-refractivity contribution in [2.45, 2.75) is 13.0 Å². The Hall–Kier alpha value is -3.04. The number of hydrogen-bond acceptors (Lipinski definition) is 3. The van der Waals surface area contributed by atoms with Crippen molar-refractivity contribution < 1.29 is 0 Å². The lowest BCUT2D eigenvalue weighted by atomic mass is 9.77. The van der Waals surface area contributed by atoms with E-state index in [-0.39, 0.29) is 6.04 Å². The highest BCUT2D eigenvalue weighted by Gasteiger charge is 2.29. The van der Waals surface area contributed by atoms with Gasteiger partial charge in [-0.2, -0.15) is 0 Å². The summed E-state index contributed by atoms with van der Waals surface area (Å²) in [6, 6.07) is 26.7. The smallest absolute Gasteiger partial charge is 0.0588 e. The average molecular weight is 411 g/mol. The Labute approximate surface area is 187 Å². The highest BCUT2D eigenvalue weighted by molar-refractivity contribution is 6.00. The maximum absolute atomic E-state index is 3.76. The molecule has 0 amide bonds. The lowest BCUT2D eigenvalue weighted by Crippen LogP contribution is -2.26. The van der Waals surface area contributed by atoms with Crippen LogP contribution in [0, 0.1) is 6.42 Å². The first-order valence-corrected chi connectivity index (χ1v) is 11.0. The molecule has 3 nitrogen and oxygen atoms in total. The Morgan fingerprint density at radius 2 is 1.26 bits per heavy atom. The summed E-state index contributed by atoms with van der Waals surface area (Å²) in [5.74, 6) is 0. The van der Waals surface area contributed by atoms with Crippen molar-refractivity contribution in [2.24, 2.45) is 0 Å². The van der Waals surface area contributed by atoms with Crippen molar-refractivity contribution in [3.8, 4) is 0 Å². The highest BCUT2D eigenvalue weighted by Crippen LogP contribution is 2.45. The first kappa shape index (κ1) is 21.2. The fraction of sp³-hybridized carbons (Fsp3) is 0.250. The zero-order valence-electron chi connectivity index (χ0n) is 19.2. The van der Waals surface area contributed by atoms with Crippen molar-refractivity contribution in [3.63, 3.8) is 0 Å². The molecule has 3 aromatic rings. The normalized spacial score (nSPS) is 15.6. The Kier molecular flexibility index (Phi) is 6.15. The number of hydrogen-bond donors (Lipinski definition) is 1. The standard InChI is InChI=1S/C28H32N3/c1-6-29-28-25-10-8-7-9-22(25)19-26(20-11-15-23(16-12-20)30(2)3)27(28)21-13-17-24(18-14-21)31(4)5/h7-19,28-29H,6H2,1-5H3. The van der Waals surface area contributed by atoms with Crippen LogP contribution >= 0.6 is 0 Å². The number of allylic oxidation sites excluding steroid dienone is 1. The van der Waals surface area contributed by atoms with Gasteiger partial charge in [0.2, 0.25) is 0 Å². The van der Waals surface area contributed by atoms with Crippen LogP contribution in [0.25, 0.3) is 11.1 Å². The molecular formula is C28H32N3. The quantitative estimate of drug-likeness (QED) is 0.567. The molecule has 0 spiro atoms. The van der Waals surface area contributed by atoms with Gasteiger partial charge in [-0.15, -0.1) is 0 Å². The third-order valence-electron chi connectivity index (χ3n) is 5.98. The van der Waals surface area contributed by atoms with Crippen molar-refractivity contribution in [1.29, 1.82) is 0 Å². The van der Waals surface area contributed by atoms with Crippen molar-refractivity contribution in [1.82, 2.24) is 5.32 Å². The third-order valence-corrected chi connectivity index (χ3v) is 5.98. The summed E-state index contributed by atoms with van der Waals surface area (Å²) in [5, 5.41) is 3.76. The predicted molar refractivity (Wildman–Crippen MR) is 135 cm³/mol. The van der Waals surface area contributed by atoms with Gasteiger partial charge in [0.25, 0.3) is 0 Å². The van der Waals surface area contributed by atoms with Gasteiger partial charge in [-0.3, -0.25) is 0 Å². The maximum atomic E-state index is 3.76. The molecule has 3 aromatic carbocycles. The topological polar surface area (TPSA) is 18.5 Å². The summed E-state index contributed by atoms with van der Waals surface area (Å²) in [6.07, 6.45) is 2.35. The van der Waals surface area contributed by atoms with Gasteiger partial charge < -0.3 is 15.1 Å². The fourth-order valence-corrected chi connectivity index (χ4v) is 4.30. The van der Waals surface area contributed by atoms with E-state index in [1.807, 2.05) is 0 Å². The zero-order chi connectivity index (χ0) is 22.0. The second-order valence-corrected chi connectivity index (χ2v) is 8.47. The monoisotopic (exact) mass is 410 g/mol. The van der Waals surface area contributed by atoms with Crippen molar-refractivity contribution in [2.75, 3.05) is 44.5 Å². The van der Waals surface area contributed by atoms with Gasteiger partial charge in [0.15, 0.2) is 0 Å². The Morgan fingerprint density at radius 3 is 1.81 bits per heavy atom. The molecule has 159 valence electrons. The number of rotatable bonds is 6. The van der Waals surface area contributed by atoms with E-state index < -0.39 is 0 Å². The molecule has 0 fully saturated rings. The number of nitrogens with one attached hydrogen (secondary N) is 1. The summed E-state index contributed by atoms with van der Waals surface area (Å²) >= 11 is 0. The minimum Gasteiger partial charge on any atom is -0.378 e. The van der Waals surface area contributed by atoms with E-state index in [0.29, 0.717) is 0 Å². The molecule has 1 radical (unpaired) electrons.